The third kappa shape index (κ3) is 1.71. The van der Waals surface area contributed by atoms with Crippen LogP contribution in [0.4, 0.5) is 4.39 Å². The van der Waals surface area contributed by atoms with Gasteiger partial charge in [0.05, 0.1) is 11.9 Å². The van der Waals surface area contributed by atoms with Gasteiger partial charge in [0.15, 0.2) is 5.67 Å². The predicted molar refractivity (Wildman–Crippen MR) is 39.5 cm³/mol. The Morgan fingerprint density at radius 2 is 2.36 bits per heavy atom. The van der Waals surface area contributed by atoms with Crippen LogP contribution in [0.25, 0.3) is 0 Å². The molecule has 0 fully saturated rings. The van der Waals surface area contributed by atoms with Crippen LogP contribution in [0.2, 0.25) is 0 Å². The second-order valence-electron chi connectivity index (χ2n) is 2.49. The summed E-state index contributed by atoms with van der Waals surface area (Å²) in [4.78, 5) is 7.54. The topological polar surface area (TPSA) is 51.8 Å². The SMILES string of the molecule is CC(F)(CN)c1cnccn1. The van der Waals surface area contributed by atoms with Gasteiger partial charge >= 0.3 is 0 Å². The summed E-state index contributed by atoms with van der Waals surface area (Å²) in [5.74, 6) is 0. The van der Waals surface area contributed by atoms with E-state index in [1.165, 1.54) is 25.5 Å². The van der Waals surface area contributed by atoms with Gasteiger partial charge in [-0.25, -0.2) is 4.39 Å². The van der Waals surface area contributed by atoms with Gasteiger partial charge in [0.25, 0.3) is 0 Å². The molecule has 0 radical (unpaired) electrons. The van der Waals surface area contributed by atoms with E-state index in [1.54, 1.807) is 0 Å². The van der Waals surface area contributed by atoms with Crippen LogP contribution in [0.15, 0.2) is 18.6 Å². The van der Waals surface area contributed by atoms with Crippen LogP contribution in [0.1, 0.15) is 12.6 Å². The Morgan fingerprint density at radius 1 is 1.64 bits per heavy atom. The minimum Gasteiger partial charge on any atom is -0.327 e. The molecule has 3 nitrogen and oxygen atoms in total. The lowest BCUT2D eigenvalue weighted by Crippen LogP contribution is -2.27. The average Bonchev–Trinajstić information content (AvgIpc) is 2.06. The molecule has 11 heavy (non-hydrogen) atoms. The first-order chi connectivity index (χ1) is 5.17. The summed E-state index contributed by atoms with van der Waals surface area (Å²) in [5, 5.41) is 0. The molecule has 0 aliphatic rings. The highest BCUT2D eigenvalue weighted by Crippen LogP contribution is 2.19. The molecule has 0 spiro atoms. The van der Waals surface area contributed by atoms with E-state index in [2.05, 4.69) is 9.97 Å². The predicted octanol–water partition coefficient (Wildman–Crippen LogP) is 0.620. The summed E-state index contributed by atoms with van der Waals surface area (Å²) in [7, 11) is 0. The molecule has 60 valence electrons. The molecule has 0 aliphatic carbocycles. The third-order valence-electron chi connectivity index (χ3n) is 1.48. The Morgan fingerprint density at radius 3 is 2.82 bits per heavy atom. The standard InChI is InChI=1S/C7H10FN3/c1-7(8,5-9)6-4-10-2-3-11-6/h2-4H,5,9H2,1H3. The maximum absolute atomic E-state index is 13.3. The van der Waals surface area contributed by atoms with E-state index in [-0.39, 0.29) is 12.2 Å². The van der Waals surface area contributed by atoms with Crippen molar-refractivity contribution in [3.63, 3.8) is 0 Å². The van der Waals surface area contributed by atoms with E-state index in [1.807, 2.05) is 0 Å². The number of nitrogens with two attached hydrogens (primary N) is 1. The first-order valence-electron chi connectivity index (χ1n) is 3.32. The smallest absolute Gasteiger partial charge is 0.163 e. The molecule has 1 atom stereocenters. The molecule has 1 aromatic heterocycles. The summed E-state index contributed by atoms with van der Waals surface area (Å²) >= 11 is 0. The van der Waals surface area contributed by atoms with Gasteiger partial charge in [-0.1, -0.05) is 0 Å². The minimum atomic E-state index is -1.56. The molecular weight excluding hydrogens is 145 g/mol. The fourth-order valence-corrected chi connectivity index (χ4v) is 0.673. The van der Waals surface area contributed by atoms with Crippen molar-refractivity contribution in [2.24, 2.45) is 5.73 Å². The number of rotatable bonds is 2. The maximum atomic E-state index is 13.3. The molecule has 2 N–H and O–H groups in total. The van der Waals surface area contributed by atoms with Crippen LogP contribution in [-0.2, 0) is 5.67 Å². The first kappa shape index (κ1) is 8.07. The van der Waals surface area contributed by atoms with Gasteiger partial charge < -0.3 is 5.73 Å². The van der Waals surface area contributed by atoms with Gasteiger partial charge in [-0.3, -0.25) is 9.97 Å². The lowest BCUT2D eigenvalue weighted by molar-refractivity contribution is 0.196. The zero-order valence-corrected chi connectivity index (χ0v) is 6.29. The highest BCUT2D eigenvalue weighted by Gasteiger charge is 2.25. The normalized spacial score (nSPS) is 15.9. The van der Waals surface area contributed by atoms with E-state index < -0.39 is 5.67 Å². The highest BCUT2D eigenvalue weighted by atomic mass is 19.1. The summed E-state index contributed by atoms with van der Waals surface area (Å²) in [6, 6.07) is 0. The summed E-state index contributed by atoms with van der Waals surface area (Å²) in [5.41, 5.74) is 3.91. The van der Waals surface area contributed by atoms with Crippen molar-refractivity contribution >= 4 is 0 Å². The number of hydrogen-bond acceptors (Lipinski definition) is 3. The van der Waals surface area contributed by atoms with Gasteiger partial charge in [0.2, 0.25) is 0 Å². The molecule has 1 heterocycles. The van der Waals surface area contributed by atoms with E-state index in [9.17, 15) is 4.39 Å². The first-order valence-corrected chi connectivity index (χ1v) is 3.32. The molecule has 0 aromatic carbocycles. The Balaban J connectivity index is 2.93. The van der Waals surface area contributed by atoms with Crippen molar-refractivity contribution in [3.05, 3.63) is 24.3 Å². The Labute approximate surface area is 64.5 Å². The molecule has 0 amide bonds. The van der Waals surface area contributed by atoms with E-state index >= 15 is 0 Å². The molecule has 0 bridgehead atoms. The number of alkyl halides is 1. The Kier molecular flexibility index (Phi) is 2.14. The molecule has 1 unspecified atom stereocenters. The molecule has 0 aliphatic heterocycles. The fourth-order valence-electron chi connectivity index (χ4n) is 0.673. The molecule has 1 aromatic rings. The van der Waals surface area contributed by atoms with Crippen molar-refractivity contribution in [1.82, 2.24) is 9.97 Å². The second kappa shape index (κ2) is 2.92. The number of halogens is 1. The van der Waals surface area contributed by atoms with Gasteiger partial charge in [-0.05, 0) is 6.92 Å². The maximum Gasteiger partial charge on any atom is 0.163 e. The minimum absolute atomic E-state index is 0.0777. The van der Waals surface area contributed by atoms with Crippen LogP contribution >= 0.6 is 0 Å². The monoisotopic (exact) mass is 155 g/mol. The number of nitrogens with zero attached hydrogens (tertiary/aromatic N) is 2. The zero-order valence-electron chi connectivity index (χ0n) is 6.29. The van der Waals surface area contributed by atoms with Crippen molar-refractivity contribution in [2.75, 3.05) is 6.54 Å². The summed E-state index contributed by atoms with van der Waals surface area (Å²) < 4.78 is 13.3. The Bertz CT molecular complexity index is 222. The summed E-state index contributed by atoms with van der Waals surface area (Å²) in [6.07, 6.45) is 4.33. The van der Waals surface area contributed by atoms with Crippen LogP contribution < -0.4 is 5.73 Å². The highest BCUT2D eigenvalue weighted by molar-refractivity contribution is 5.06. The van der Waals surface area contributed by atoms with Gasteiger partial charge in [0.1, 0.15) is 0 Å². The molecular formula is C7H10FN3. The van der Waals surface area contributed by atoms with E-state index in [0.717, 1.165) is 0 Å². The van der Waals surface area contributed by atoms with Gasteiger partial charge in [-0.2, -0.15) is 0 Å². The van der Waals surface area contributed by atoms with Crippen LogP contribution in [0, 0.1) is 0 Å². The molecule has 1 rings (SSSR count). The third-order valence-corrected chi connectivity index (χ3v) is 1.48. The quantitative estimate of drug-likeness (QED) is 0.681. The van der Waals surface area contributed by atoms with E-state index in [0.29, 0.717) is 0 Å². The van der Waals surface area contributed by atoms with Crippen LogP contribution in [0.3, 0.4) is 0 Å². The van der Waals surface area contributed by atoms with Gasteiger partial charge in [-0.15, -0.1) is 0 Å². The van der Waals surface area contributed by atoms with Crippen molar-refractivity contribution in [2.45, 2.75) is 12.6 Å². The number of hydrogen-bond donors (Lipinski definition) is 1. The van der Waals surface area contributed by atoms with Gasteiger partial charge in [0, 0.05) is 18.9 Å². The largest absolute Gasteiger partial charge is 0.327 e. The fraction of sp³-hybridized carbons (Fsp3) is 0.429. The average molecular weight is 155 g/mol. The van der Waals surface area contributed by atoms with E-state index in [4.69, 9.17) is 5.73 Å². The zero-order chi connectivity index (χ0) is 8.32. The van der Waals surface area contributed by atoms with Crippen molar-refractivity contribution in [3.8, 4) is 0 Å². The lowest BCUT2D eigenvalue weighted by atomic mass is 10.1. The molecule has 0 saturated carbocycles. The summed E-state index contributed by atoms with van der Waals surface area (Å²) in [6.45, 7) is 1.31. The van der Waals surface area contributed by atoms with Crippen molar-refractivity contribution < 1.29 is 4.39 Å². The second-order valence-corrected chi connectivity index (χ2v) is 2.49. The van der Waals surface area contributed by atoms with Crippen LogP contribution in [-0.4, -0.2) is 16.5 Å². The Hall–Kier alpha value is -1.03. The molecule has 0 saturated heterocycles. The number of aromatic nitrogens is 2. The molecule has 4 heteroatoms. The lowest BCUT2D eigenvalue weighted by Gasteiger charge is -2.15. The van der Waals surface area contributed by atoms with Crippen LogP contribution in [0.5, 0.6) is 0 Å². The van der Waals surface area contributed by atoms with Crippen molar-refractivity contribution in [1.29, 1.82) is 0 Å².